The molecule has 128 valence electrons. The van der Waals surface area contributed by atoms with Gasteiger partial charge in [0.2, 0.25) is 0 Å². The molecule has 5 nitrogen and oxygen atoms in total. The predicted molar refractivity (Wildman–Crippen MR) is 98.1 cm³/mol. The molecular weight excluding hydrogens is 312 g/mol. The van der Waals surface area contributed by atoms with Gasteiger partial charge in [-0.3, -0.25) is 14.9 Å². The molecule has 0 aliphatic carbocycles. The zero-order chi connectivity index (χ0) is 17.9. The first kappa shape index (κ1) is 16.9. The molecule has 3 aromatic rings. The van der Waals surface area contributed by atoms with Crippen LogP contribution in [0.3, 0.4) is 0 Å². The number of aromatic nitrogens is 3. The number of hydrogen-bond acceptors (Lipinski definition) is 3. The van der Waals surface area contributed by atoms with E-state index in [1.807, 2.05) is 42.6 Å². The van der Waals surface area contributed by atoms with Gasteiger partial charge in [0.1, 0.15) is 0 Å². The number of amides is 1. The zero-order valence-corrected chi connectivity index (χ0v) is 14.7. The molecule has 0 unspecified atom stereocenters. The number of hydrogen-bond donors (Lipinski definition) is 2. The Morgan fingerprint density at radius 1 is 1.04 bits per heavy atom. The highest BCUT2D eigenvalue weighted by molar-refractivity contribution is 5.94. The van der Waals surface area contributed by atoms with Gasteiger partial charge in [-0.25, -0.2) is 0 Å². The number of carbonyl (C=O) groups is 1. The first-order chi connectivity index (χ1) is 11.9. The molecule has 1 aromatic carbocycles. The summed E-state index contributed by atoms with van der Waals surface area (Å²) in [5, 5.41) is 10.2. The molecule has 3 rings (SSSR count). The third-order valence-electron chi connectivity index (χ3n) is 4.03. The lowest BCUT2D eigenvalue weighted by molar-refractivity contribution is 0.0950. The Bertz CT molecular complexity index is 845. The third kappa shape index (κ3) is 3.94. The topological polar surface area (TPSA) is 70.7 Å². The van der Waals surface area contributed by atoms with Gasteiger partial charge in [0, 0.05) is 41.7 Å². The van der Waals surface area contributed by atoms with Crippen LogP contribution in [0.2, 0.25) is 0 Å². The number of H-pyrrole nitrogens is 1. The lowest BCUT2D eigenvalue weighted by Crippen LogP contribution is -2.24. The third-order valence-corrected chi connectivity index (χ3v) is 4.03. The fourth-order valence-corrected chi connectivity index (χ4v) is 2.74. The van der Waals surface area contributed by atoms with Crippen LogP contribution in [0.25, 0.3) is 11.1 Å². The van der Waals surface area contributed by atoms with Crippen LogP contribution in [0.5, 0.6) is 0 Å². The molecule has 0 fully saturated rings. The summed E-state index contributed by atoms with van der Waals surface area (Å²) in [5.74, 6) is -0.0951. The van der Waals surface area contributed by atoms with Crippen molar-refractivity contribution in [1.29, 1.82) is 0 Å². The minimum absolute atomic E-state index is 0.0632. The molecule has 5 heteroatoms. The first-order valence-electron chi connectivity index (χ1n) is 8.27. The normalized spacial score (nSPS) is 11.3. The second kappa shape index (κ2) is 6.89. The monoisotopic (exact) mass is 334 g/mol. The van der Waals surface area contributed by atoms with Crippen LogP contribution in [-0.4, -0.2) is 21.1 Å². The lowest BCUT2D eigenvalue weighted by atomic mass is 9.89. The molecule has 0 spiro atoms. The molecule has 0 saturated carbocycles. The second-order valence-corrected chi connectivity index (χ2v) is 7.01. The number of benzene rings is 1. The Kier molecular flexibility index (Phi) is 4.65. The van der Waals surface area contributed by atoms with Gasteiger partial charge in [0.15, 0.2) is 0 Å². The molecule has 2 heterocycles. The smallest absolute Gasteiger partial charge is 0.251 e. The van der Waals surface area contributed by atoms with Gasteiger partial charge in [-0.15, -0.1) is 0 Å². The zero-order valence-electron chi connectivity index (χ0n) is 14.7. The van der Waals surface area contributed by atoms with Gasteiger partial charge in [0.25, 0.3) is 5.91 Å². The highest BCUT2D eigenvalue weighted by Crippen LogP contribution is 2.23. The standard InChI is InChI=1S/C20H22N4O/c1-20(2,3)18-17(13-23-24-18)12-22-19(25)16-6-4-14(5-7-16)15-8-10-21-11-9-15/h4-11,13H,12H2,1-3H3,(H,22,25)(H,23,24). The minimum atomic E-state index is -0.0951. The average Bonchev–Trinajstić information content (AvgIpc) is 3.10. The number of carbonyl (C=O) groups excluding carboxylic acids is 1. The maximum atomic E-state index is 12.4. The van der Waals surface area contributed by atoms with E-state index in [0.29, 0.717) is 12.1 Å². The van der Waals surface area contributed by atoms with Crippen molar-refractivity contribution < 1.29 is 4.79 Å². The Morgan fingerprint density at radius 2 is 1.68 bits per heavy atom. The fraction of sp³-hybridized carbons (Fsp3) is 0.250. The maximum absolute atomic E-state index is 12.4. The van der Waals surface area contributed by atoms with E-state index in [4.69, 9.17) is 0 Å². The molecule has 2 aromatic heterocycles. The Morgan fingerprint density at radius 3 is 2.32 bits per heavy atom. The largest absolute Gasteiger partial charge is 0.348 e. The van der Waals surface area contributed by atoms with Crippen LogP contribution >= 0.6 is 0 Å². The molecule has 0 aliphatic heterocycles. The van der Waals surface area contributed by atoms with Crippen LogP contribution in [-0.2, 0) is 12.0 Å². The highest BCUT2D eigenvalue weighted by atomic mass is 16.1. The van der Waals surface area contributed by atoms with Gasteiger partial charge >= 0.3 is 0 Å². The van der Waals surface area contributed by atoms with E-state index in [2.05, 4.69) is 41.3 Å². The summed E-state index contributed by atoms with van der Waals surface area (Å²) in [6.07, 6.45) is 5.36. The summed E-state index contributed by atoms with van der Waals surface area (Å²) in [7, 11) is 0. The van der Waals surface area contributed by atoms with Crippen LogP contribution < -0.4 is 5.32 Å². The molecule has 0 atom stereocenters. The van der Waals surface area contributed by atoms with Crippen molar-refractivity contribution in [2.75, 3.05) is 0 Å². The van der Waals surface area contributed by atoms with Crippen molar-refractivity contribution in [2.45, 2.75) is 32.7 Å². The predicted octanol–water partition coefficient (Wildman–Crippen LogP) is 3.70. The first-order valence-corrected chi connectivity index (χ1v) is 8.27. The summed E-state index contributed by atoms with van der Waals surface area (Å²) in [5.41, 5.74) is 4.69. The summed E-state index contributed by atoms with van der Waals surface area (Å²) < 4.78 is 0. The molecule has 2 N–H and O–H groups in total. The number of pyridine rings is 1. The molecular formula is C20H22N4O. The minimum Gasteiger partial charge on any atom is -0.348 e. The lowest BCUT2D eigenvalue weighted by Gasteiger charge is -2.17. The molecule has 0 saturated heterocycles. The van der Waals surface area contributed by atoms with Gasteiger partial charge in [-0.05, 0) is 35.4 Å². The summed E-state index contributed by atoms with van der Waals surface area (Å²) in [6.45, 7) is 6.76. The van der Waals surface area contributed by atoms with Crippen molar-refractivity contribution in [2.24, 2.45) is 0 Å². The number of nitrogens with zero attached hydrogens (tertiary/aromatic N) is 2. The second-order valence-electron chi connectivity index (χ2n) is 7.01. The van der Waals surface area contributed by atoms with E-state index in [1.54, 1.807) is 12.4 Å². The maximum Gasteiger partial charge on any atom is 0.251 e. The molecule has 0 radical (unpaired) electrons. The molecule has 25 heavy (non-hydrogen) atoms. The molecule has 0 aliphatic rings. The van der Waals surface area contributed by atoms with Crippen LogP contribution in [0, 0.1) is 0 Å². The van der Waals surface area contributed by atoms with Crippen molar-refractivity contribution >= 4 is 5.91 Å². The Hall–Kier alpha value is -2.95. The van der Waals surface area contributed by atoms with E-state index in [0.717, 1.165) is 22.4 Å². The van der Waals surface area contributed by atoms with Gasteiger partial charge in [0.05, 0.1) is 5.69 Å². The quantitative estimate of drug-likeness (QED) is 0.764. The van der Waals surface area contributed by atoms with Crippen LogP contribution in [0.15, 0.2) is 55.0 Å². The highest BCUT2D eigenvalue weighted by Gasteiger charge is 2.21. The van der Waals surface area contributed by atoms with Crippen LogP contribution in [0.4, 0.5) is 0 Å². The van der Waals surface area contributed by atoms with Gasteiger partial charge in [-0.2, -0.15) is 5.10 Å². The van der Waals surface area contributed by atoms with Crippen molar-refractivity contribution in [3.63, 3.8) is 0 Å². The average molecular weight is 334 g/mol. The molecule has 1 amide bonds. The summed E-state index contributed by atoms with van der Waals surface area (Å²) in [4.78, 5) is 16.4. The van der Waals surface area contributed by atoms with Gasteiger partial charge < -0.3 is 5.32 Å². The van der Waals surface area contributed by atoms with E-state index in [9.17, 15) is 4.79 Å². The molecule has 0 bridgehead atoms. The Balaban J connectivity index is 1.67. The van der Waals surface area contributed by atoms with E-state index in [1.165, 1.54) is 0 Å². The van der Waals surface area contributed by atoms with Crippen molar-refractivity contribution in [3.8, 4) is 11.1 Å². The summed E-state index contributed by atoms with van der Waals surface area (Å²) >= 11 is 0. The number of rotatable bonds is 4. The summed E-state index contributed by atoms with van der Waals surface area (Å²) in [6, 6.07) is 11.5. The SMILES string of the molecule is CC(C)(C)c1n[nH]cc1CNC(=O)c1ccc(-c2ccncc2)cc1. The fourth-order valence-electron chi connectivity index (χ4n) is 2.74. The number of aromatic amines is 1. The van der Waals surface area contributed by atoms with E-state index < -0.39 is 0 Å². The Labute approximate surface area is 147 Å². The number of nitrogens with one attached hydrogen (secondary N) is 2. The van der Waals surface area contributed by atoms with Crippen molar-refractivity contribution in [3.05, 3.63) is 71.8 Å². The van der Waals surface area contributed by atoms with Gasteiger partial charge in [-0.1, -0.05) is 32.9 Å². The van der Waals surface area contributed by atoms with Crippen LogP contribution in [0.1, 0.15) is 42.4 Å². The van der Waals surface area contributed by atoms with E-state index >= 15 is 0 Å². The van der Waals surface area contributed by atoms with E-state index in [-0.39, 0.29) is 11.3 Å². The van der Waals surface area contributed by atoms with Crippen molar-refractivity contribution in [1.82, 2.24) is 20.5 Å².